The van der Waals surface area contributed by atoms with Gasteiger partial charge in [-0.3, -0.25) is 4.79 Å². The molecule has 0 unspecified atom stereocenters. The second-order valence-corrected chi connectivity index (χ2v) is 13.6. The van der Waals surface area contributed by atoms with Crippen LogP contribution >= 0.6 is 0 Å². The van der Waals surface area contributed by atoms with Gasteiger partial charge >= 0.3 is 18.4 Å². The van der Waals surface area contributed by atoms with Crippen LogP contribution in [0.5, 0.6) is 0 Å². The average Bonchev–Trinajstić information content (AvgIpc) is 3.08. The molecule has 2 amide bonds. The molecule has 17 heteroatoms. The summed E-state index contributed by atoms with van der Waals surface area (Å²) in [6, 6.07) is 12.7. The molecule has 2 N–H and O–H groups in total. The van der Waals surface area contributed by atoms with E-state index in [4.69, 9.17) is 9.47 Å². The van der Waals surface area contributed by atoms with E-state index >= 15 is 0 Å². The summed E-state index contributed by atoms with van der Waals surface area (Å²) < 4.78 is 118. The van der Waals surface area contributed by atoms with E-state index in [0.29, 0.717) is 50.9 Å². The minimum atomic E-state index is -4.79. The number of alkyl carbamates (subject to hydrolysis) is 1. The third-order valence-corrected chi connectivity index (χ3v) is 10.1. The number of hydrogen-bond acceptors (Lipinski definition) is 7. The highest BCUT2D eigenvalue weighted by Crippen LogP contribution is 2.33. The fraction of sp³-hybridized carbons (Fsp3) is 0.394. The van der Waals surface area contributed by atoms with Crippen molar-refractivity contribution in [3.63, 3.8) is 0 Å². The predicted octanol–water partition coefficient (Wildman–Crippen LogP) is 6.04. The van der Waals surface area contributed by atoms with Gasteiger partial charge in [0.15, 0.2) is 6.23 Å². The Morgan fingerprint density at radius 1 is 0.860 bits per heavy atom. The van der Waals surface area contributed by atoms with E-state index < -0.39 is 62.7 Å². The molecule has 0 radical (unpaired) electrons. The second-order valence-electron chi connectivity index (χ2n) is 11.7. The highest BCUT2D eigenvalue weighted by Gasteiger charge is 2.38. The molecule has 2 heterocycles. The van der Waals surface area contributed by atoms with Crippen molar-refractivity contribution in [3.05, 3.63) is 89.5 Å². The van der Waals surface area contributed by atoms with E-state index in [9.17, 15) is 44.3 Å². The highest BCUT2D eigenvalue weighted by atomic mass is 32.2. The van der Waals surface area contributed by atoms with Crippen molar-refractivity contribution in [2.24, 2.45) is 0 Å². The maximum absolute atomic E-state index is 13.5. The first-order valence-electron chi connectivity index (χ1n) is 15.7. The van der Waals surface area contributed by atoms with E-state index in [1.807, 2.05) is 0 Å². The lowest BCUT2D eigenvalue weighted by atomic mass is 10.0. The SMILES string of the molecule is O=C(N[C@@H](Cc1ccc(C(F)(F)F)cc1)C(=O)Nc1ccc(N2CCOCC2)cc1)O[C@H]1CCCCN1S(=O)(=O)c1cccc(C(F)(F)F)c1. The molecule has 270 valence electrons. The van der Waals surface area contributed by atoms with Crippen molar-refractivity contribution in [1.82, 2.24) is 9.62 Å². The van der Waals surface area contributed by atoms with Crippen molar-refractivity contribution < 1.29 is 53.8 Å². The van der Waals surface area contributed by atoms with Gasteiger partial charge in [0.2, 0.25) is 15.9 Å². The van der Waals surface area contributed by atoms with Gasteiger partial charge in [-0.1, -0.05) is 18.2 Å². The monoisotopic (exact) mass is 728 g/mol. The third kappa shape index (κ3) is 9.25. The zero-order valence-corrected chi connectivity index (χ0v) is 27.3. The largest absolute Gasteiger partial charge is 0.429 e. The van der Waals surface area contributed by atoms with Gasteiger partial charge in [-0.25, -0.2) is 13.2 Å². The van der Waals surface area contributed by atoms with Crippen molar-refractivity contribution in [2.75, 3.05) is 43.1 Å². The predicted molar refractivity (Wildman–Crippen MR) is 170 cm³/mol. The molecule has 10 nitrogen and oxygen atoms in total. The summed E-state index contributed by atoms with van der Waals surface area (Å²) in [5.74, 6) is -0.738. The smallest absolute Gasteiger partial charge is 0.416 e. The first-order chi connectivity index (χ1) is 23.6. The van der Waals surface area contributed by atoms with Gasteiger partial charge < -0.3 is 25.0 Å². The number of alkyl halides is 6. The molecular formula is C33H34F6N4O6S. The molecule has 0 aromatic heterocycles. The van der Waals surface area contributed by atoms with E-state index in [1.165, 1.54) is 0 Å². The van der Waals surface area contributed by atoms with Gasteiger partial charge in [-0.2, -0.15) is 30.6 Å². The normalized spacial score (nSPS) is 18.3. The van der Waals surface area contributed by atoms with Crippen LogP contribution in [0.2, 0.25) is 0 Å². The number of ether oxygens (including phenoxy) is 2. The molecule has 0 saturated carbocycles. The molecule has 2 aliphatic rings. The lowest BCUT2D eigenvalue weighted by Gasteiger charge is -2.34. The fourth-order valence-electron chi connectivity index (χ4n) is 5.62. The van der Waals surface area contributed by atoms with Crippen molar-refractivity contribution >= 4 is 33.4 Å². The van der Waals surface area contributed by atoms with E-state index in [-0.39, 0.29) is 24.9 Å². The molecule has 2 saturated heterocycles. The molecule has 50 heavy (non-hydrogen) atoms. The van der Waals surface area contributed by atoms with Crippen LogP contribution in [0, 0.1) is 0 Å². The second kappa shape index (κ2) is 15.3. The highest BCUT2D eigenvalue weighted by molar-refractivity contribution is 7.89. The maximum Gasteiger partial charge on any atom is 0.416 e. The number of nitrogens with one attached hydrogen (secondary N) is 2. The van der Waals surface area contributed by atoms with Gasteiger partial charge in [0.05, 0.1) is 29.2 Å². The van der Waals surface area contributed by atoms with Crippen LogP contribution in [0.1, 0.15) is 36.0 Å². The van der Waals surface area contributed by atoms with Crippen LogP contribution in [0.3, 0.4) is 0 Å². The van der Waals surface area contributed by atoms with Gasteiger partial charge in [0.1, 0.15) is 6.04 Å². The van der Waals surface area contributed by atoms with Crippen LogP contribution in [-0.2, 0) is 43.1 Å². The molecule has 5 rings (SSSR count). The standard InChI is InChI=1S/C33H34F6N4O6S/c34-32(35,36)23-9-7-22(8-10-23)20-28(30(44)40-25-11-13-26(14-12-25)42-16-18-48-19-17-42)41-31(45)49-29-6-1-2-15-43(29)50(46,47)27-5-3-4-24(21-27)33(37,38)39/h3-5,7-14,21,28-29H,1-2,6,15-20H2,(H,40,44)(H,41,45)/t28-,29-/m0/s1. The van der Waals surface area contributed by atoms with Crippen molar-refractivity contribution in [2.45, 2.75) is 55.2 Å². The van der Waals surface area contributed by atoms with Crippen LogP contribution in [0.4, 0.5) is 42.5 Å². The lowest BCUT2D eigenvalue weighted by molar-refractivity contribution is -0.138. The first-order valence-corrected chi connectivity index (χ1v) is 17.1. The lowest BCUT2D eigenvalue weighted by Crippen LogP contribution is -2.50. The Hall–Kier alpha value is -4.35. The molecule has 0 spiro atoms. The Kier molecular flexibility index (Phi) is 11.3. The molecule has 2 fully saturated rings. The Bertz CT molecular complexity index is 1750. The van der Waals surface area contributed by atoms with E-state index in [2.05, 4.69) is 15.5 Å². The first kappa shape index (κ1) is 36.9. The Morgan fingerprint density at radius 3 is 2.16 bits per heavy atom. The number of rotatable bonds is 9. The summed E-state index contributed by atoms with van der Waals surface area (Å²) in [7, 11) is -4.55. The molecule has 0 bridgehead atoms. The number of hydrogen-bond donors (Lipinski definition) is 2. The van der Waals surface area contributed by atoms with Crippen LogP contribution in [0.25, 0.3) is 0 Å². The van der Waals surface area contributed by atoms with Crippen LogP contribution in [-0.4, -0.2) is 69.8 Å². The molecule has 2 aliphatic heterocycles. The maximum atomic E-state index is 13.5. The number of carbonyl (C=O) groups is 2. The molecule has 0 aliphatic carbocycles. The van der Waals surface area contributed by atoms with E-state index in [1.54, 1.807) is 24.3 Å². The van der Waals surface area contributed by atoms with E-state index in [0.717, 1.165) is 52.5 Å². The molecule has 3 aromatic rings. The summed E-state index contributed by atoms with van der Waals surface area (Å²) in [6.45, 7) is 2.37. The number of piperidine rings is 1. The Morgan fingerprint density at radius 2 is 1.52 bits per heavy atom. The fourth-order valence-corrected chi connectivity index (χ4v) is 7.24. The van der Waals surface area contributed by atoms with Crippen molar-refractivity contribution in [1.29, 1.82) is 0 Å². The third-order valence-electron chi connectivity index (χ3n) is 8.25. The number of halogens is 6. The summed E-state index contributed by atoms with van der Waals surface area (Å²) in [4.78, 5) is 28.2. The minimum absolute atomic E-state index is 0.0247. The summed E-state index contributed by atoms with van der Waals surface area (Å²) in [5.41, 5.74) is -0.544. The minimum Gasteiger partial charge on any atom is -0.429 e. The number of sulfonamides is 1. The zero-order valence-electron chi connectivity index (χ0n) is 26.5. The molecule has 3 aromatic carbocycles. The number of carbonyl (C=O) groups excluding carboxylic acids is 2. The van der Waals surface area contributed by atoms with Gasteiger partial charge in [0.25, 0.3) is 0 Å². The topological polar surface area (TPSA) is 117 Å². The molecular weight excluding hydrogens is 694 g/mol. The number of amides is 2. The van der Waals surface area contributed by atoms with Gasteiger partial charge in [0, 0.05) is 37.4 Å². The zero-order chi connectivity index (χ0) is 36.1. The number of benzene rings is 3. The number of nitrogens with zero attached hydrogens (tertiary/aromatic N) is 2. The summed E-state index contributed by atoms with van der Waals surface area (Å²) in [5, 5.41) is 5.07. The van der Waals surface area contributed by atoms with Crippen LogP contribution in [0.15, 0.2) is 77.7 Å². The summed E-state index contributed by atoms with van der Waals surface area (Å²) in [6.07, 6.45) is -11.5. The number of anilines is 2. The molecule has 2 atom stereocenters. The number of morpholine rings is 1. The van der Waals surface area contributed by atoms with Crippen LogP contribution < -0.4 is 15.5 Å². The van der Waals surface area contributed by atoms with Gasteiger partial charge in [-0.05, 0) is 79.4 Å². The Labute approximate surface area is 284 Å². The Balaban J connectivity index is 1.32. The quantitative estimate of drug-likeness (QED) is 0.258. The van der Waals surface area contributed by atoms with Crippen molar-refractivity contribution in [3.8, 4) is 0 Å². The average molecular weight is 729 g/mol. The summed E-state index contributed by atoms with van der Waals surface area (Å²) >= 11 is 0. The van der Waals surface area contributed by atoms with Gasteiger partial charge in [-0.15, -0.1) is 0 Å².